The number of aryl methyl sites for hydroxylation is 1. The Balaban J connectivity index is 1.07. The number of β-amino-alcohol motifs (C(OH)–C–C–N with tert-alkyl or cyclic N) is 1. The average molecular weight is 491 g/mol. The van der Waals surface area contributed by atoms with E-state index in [9.17, 15) is 9.90 Å². The summed E-state index contributed by atoms with van der Waals surface area (Å²) in [6.45, 7) is 4.59. The predicted molar refractivity (Wildman–Crippen MR) is 135 cm³/mol. The lowest BCUT2D eigenvalue weighted by Crippen LogP contribution is -2.42. The van der Waals surface area contributed by atoms with E-state index in [4.69, 9.17) is 9.15 Å². The highest BCUT2D eigenvalue weighted by Crippen LogP contribution is 2.29. The molecule has 1 aromatic carbocycles. The maximum Gasteiger partial charge on any atom is 0.251 e. The molecule has 0 radical (unpaired) electrons. The van der Waals surface area contributed by atoms with Gasteiger partial charge in [0, 0.05) is 43.6 Å². The summed E-state index contributed by atoms with van der Waals surface area (Å²) in [5, 5.41) is 13.5. The zero-order valence-electron chi connectivity index (χ0n) is 20.8. The summed E-state index contributed by atoms with van der Waals surface area (Å²) in [6.07, 6.45) is 8.12. The van der Waals surface area contributed by atoms with Crippen LogP contribution in [0, 0.1) is 12.8 Å². The standard InChI is InChI=1S/C28H34N4O4/c1-19-27(36-18-31-19)17-35-26-6-5-23-15-32(10-8-21(23)13-26)16-25(33)14-30-28(34)22-7-9-29-24(12-22)11-20-3-2-4-20/h5-7,9,12-13,18,20,25,33H,2-4,8,10-11,14-17H2,1H3,(H,30,34)/t25-/m0/s1. The second-order valence-corrected chi connectivity index (χ2v) is 9.97. The minimum absolute atomic E-state index is 0.164. The molecule has 0 saturated heterocycles. The van der Waals surface area contributed by atoms with E-state index in [-0.39, 0.29) is 12.5 Å². The lowest BCUT2D eigenvalue weighted by Gasteiger charge is -2.30. The van der Waals surface area contributed by atoms with Crippen LogP contribution >= 0.6 is 0 Å². The van der Waals surface area contributed by atoms with Crippen LogP contribution in [0.4, 0.5) is 0 Å². The molecular formula is C28H34N4O4. The van der Waals surface area contributed by atoms with Gasteiger partial charge in [-0.05, 0) is 61.1 Å². The fraction of sp³-hybridized carbons (Fsp3) is 0.464. The molecule has 3 aromatic rings. The fourth-order valence-corrected chi connectivity index (χ4v) is 4.85. The second-order valence-electron chi connectivity index (χ2n) is 9.97. The summed E-state index contributed by atoms with van der Waals surface area (Å²) in [5.41, 5.74) is 4.91. The van der Waals surface area contributed by atoms with Gasteiger partial charge >= 0.3 is 0 Å². The van der Waals surface area contributed by atoms with Gasteiger partial charge in [0.15, 0.2) is 12.2 Å². The number of hydrogen-bond donors (Lipinski definition) is 2. The SMILES string of the molecule is Cc1ncoc1COc1ccc2c(c1)CCN(C[C@@H](O)CNC(=O)c1ccnc(CC3CCC3)c1)C2. The second kappa shape index (κ2) is 11.2. The summed E-state index contributed by atoms with van der Waals surface area (Å²) in [4.78, 5) is 23.3. The molecule has 8 heteroatoms. The van der Waals surface area contributed by atoms with E-state index in [0.29, 0.717) is 24.6 Å². The number of aromatic nitrogens is 2. The number of aliphatic hydroxyl groups is 1. The Morgan fingerprint density at radius 2 is 2.14 bits per heavy atom. The van der Waals surface area contributed by atoms with Crippen molar-refractivity contribution >= 4 is 5.91 Å². The van der Waals surface area contributed by atoms with Crippen LogP contribution in [-0.4, -0.2) is 51.6 Å². The molecule has 1 aliphatic heterocycles. The smallest absolute Gasteiger partial charge is 0.251 e. The van der Waals surface area contributed by atoms with Crippen LogP contribution in [0.3, 0.4) is 0 Å². The highest BCUT2D eigenvalue weighted by molar-refractivity contribution is 5.94. The number of carbonyl (C=O) groups excluding carboxylic acids is 1. The van der Waals surface area contributed by atoms with Crippen LogP contribution in [0.15, 0.2) is 47.3 Å². The van der Waals surface area contributed by atoms with Gasteiger partial charge in [-0.25, -0.2) is 4.98 Å². The van der Waals surface area contributed by atoms with Crippen molar-refractivity contribution < 1.29 is 19.1 Å². The molecule has 2 aliphatic rings. The van der Waals surface area contributed by atoms with Crippen LogP contribution < -0.4 is 10.1 Å². The third-order valence-electron chi connectivity index (χ3n) is 7.25. The van der Waals surface area contributed by atoms with Crippen LogP contribution in [0.25, 0.3) is 0 Å². The topological polar surface area (TPSA) is 101 Å². The third-order valence-corrected chi connectivity index (χ3v) is 7.25. The summed E-state index contributed by atoms with van der Waals surface area (Å²) in [5.74, 6) is 2.09. The van der Waals surface area contributed by atoms with Crippen LogP contribution in [0.1, 0.15) is 57.9 Å². The largest absolute Gasteiger partial charge is 0.486 e. The minimum atomic E-state index is -0.639. The maximum atomic E-state index is 12.6. The molecule has 1 amide bonds. The number of nitrogens with one attached hydrogen (secondary N) is 1. The first kappa shape index (κ1) is 24.5. The number of aliphatic hydroxyl groups excluding tert-OH is 1. The fourth-order valence-electron chi connectivity index (χ4n) is 4.85. The molecule has 5 rings (SSSR count). The zero-order chi connectivity index (χ0) is 24.9. The molecule has 1 fully saturated rings. The molecule has 0 unspecified atom stereocenters. The van der Waals surface area contributed by atoms with Crippen molar-refractivity contribution in [3.8, 4) is 5.75 Å². The molecule has 1 atom stereocenters. The number of carbonyl (C=O) groups is 1. The number of oxazole rings is 1. The summed E-state index contributed by atoms with van der Waals surface area (Å²) < 4.78 is 11.2. The lowest BCUT2D eigenvalue weighted by molar-refractivity contribution is 0.0841. The van der Waals surface area contributed by atoms with Crippen molar-refractivity contribution in [1.29, 1.82) is 0 Å². The van der Waals surface area contributed by atoms with Crippen LogP contribution in [0.2, 0.25) is 0 Å². The number of rotatable bonds is 10. The van der Waals surface area contributed by atoms with E-state index in [1.165, 1.54) is 36.8 Å². The molecule has 1 saturated carbocycles. The van der Waals surface area contributed by atoms with Crippen LogP contribution in [-0.2, 0) is 26.0 Å². The van der Waals surface area contributed by atoms with Crippen LogP contribution in [0.5, 0.6) is 5.75 Å². The number of amides is 1. The van der Waals surface area contributed by atoms with Crippen molar-refractivity contribution in [2.24, 2.45) is 5.92 Å². The van der Waals surface area contributed by atoms with E-state index < -0.39 is 6.10 Å². The van der Waals surface area contributed by atoms with Gasteiger partial charge in [0.1, 0.15) is 12.4 Å². The summed E-state index contributed by atoms with van der Waals surface area (Å²) in [6, 6.07) is 9.76. The Bertz CT molecular complexity index is 1190. The van der Waals surface area contributed by atoms with Gasteiger partial charge in [-0.1, -0.05) is 25.3 Å². The van der Waals surface area contributed by atoms with Gasteiger partial charge < -0.3 is 19.6 Å². The van der Waals surface area contributed by atoms with Gasteiger partial charge in [-0.15, -0.1) is 0 Å². The first-order valence-corrected chi connectivity index (χ1v) is 12.8. The van der Waals surface area contributed by atoms with Crippen molar-refractivity contribution in [2.45, 2.75) is 58.3 Å². The van der Waals surface area contributed by atoms with Crippen molar-refractivity contribution in [3.63, 3.8) is 0 Å². The molecule has 36 heavy (non-hydrogen) atoms. The van der Waals surface area contributed by atoms with E-state index in [1.807, 2.05) is 19.1 Å². The van der Waals surface area contributed by atoms with Gasteiger partial charge in [0.05, 0.1) is 11.8 Å². The van der Waals surface area contributed by atoms with E-state index >= 15 is 0 Å². The molecule has 1 aliphatic carbocycles. The first-order chi connectivity index (χ1) is 17.5. The molecule has 190 valence electrons. The van der Waals surface area contributed by atoms with Gasteiger partial charge in [-0.3, -0.25) is 14.7 Å². The molecular weight excluding hydrogens is 456 g/mol. The summed E-state index contributed by atoms with van der Waals surface area (Å²) >= 11 is 0. The maximum absolute atomic E-state index is 12.6. The number of pyridine rings is 1. The summed E-state index contributed by atoms with van der Waals surface area (Å²) in [7, 11) is 0. The number of benzene rings is 1. The molecule has 3 heterocycles. The monoisotopic (exact) mass is 490 g/mol. The molecule has 0 spiro atoms. The Kier molecular flexibility index (Phi) is 7.63. The Morgan fingerprint density at radius 1 is 1.25 bits per heavy atom. The van der Waals surface area contributed by atoms with E-state index in [1.54, 1.807) is 12.3 Å². The molecule has 8 nitrogen and oxygen atoms in total. The van der Waals surface area contributed by atoms with Crippen molar-refractivity contribution in [2.75, 3.05) is 19.6 Å². The van der Waals surface area contributed by atoms with Gasteiger partial charge in [0.25, 0.3) is 5.91 Å². The Hall–Kier alpha value is -3.23. The predicted octanol–water partition coefficient (Wildman–Crippen LogP) is 3.45. The molecule has 0 bridgehead atoms. The number of hydrogen-bond acceptors (Lipinski definition) is 7. The first-order valence-electron chi connectivity index (χ1n) is 12.8. The zero-order valence-corrected chi connectivity index (χ0v) is 20.8. The lowest BCUT2D eigenvalue weighted by atomic mass is 9.82. The highest BCUT2D eigenvalue weighted by atomic mass is 16.5. The number of ether oxygens (including phenoxy) is 1. The van der Waals surface area contributed by atoms with Crippen molar-refractivity contribution in [1.82, 2.24) is 20.2 Å². The highest BCUT2D eigenvalue weighted by Gasteiger charge is 2.21. The van der Waals surface area contributed by atoms with E-state index in [2.05, 4.69) is 32.3 Å². The Morgan fingerprint density at radius 3 is 2.92 bits per heavy atom. The molecule has 2 aromatic heterocycles. The molecule has 2 N–H and O–H groups in total. The number of fused-ring (bicyclic) bond motifs is 1. The third kappa shape index (κ3) is 6.12. The number of nitrogens with zero attached hydrogens (tertiary/aromatic N) is 3. The average Bonchev–Trinajstić information content (AvgIpc) is 3.28. The quantitative estimate of drug-likeness (QED) is 0.449. The van der Waals surface area contributed by atoms with Gasteiger partial charge in [-0.2, -0.15) is 0 Å². The normalized spacial score (nSPS) is 16.7. The van der Waals surface area contributed by atoms with Gasteiger partial charge in [0.2, 0.25) is 0 Å². The van der Waals surface area contributed by atoms with E-state index in [0.717, 1.165) is 48.8 Å². The Labute approximate surface area is 211 Å². The van der Waals surface area contributed by atoms with Crippen molar-refractivity contribution in [3.05, 3.63) is 76.8 Å². The minimum Gasteiger partial charge on any atom is -0.486 e.